The smallest absolute Gasteiger partial charge is 0.0419 e. The molecule has 0 saturated heterocycles. The maximum atomic E-state index is 6.67. The lowest BCUT2D eigenvalue weighted by atomic mass is 9.70. The van der Waals surface area contributed by atoms with Crippen molar-refractivity contribution in [2.75, 3.05) is 14.1 Å². The molecule has 0 aliphatic heterocycles. The largest absolute Gasteiger partial charge is 0.326 e. The van der Waals surface area contributed by atoms with Gasteiger partial charge in [-0.2, -0.15) is 0 Å². The Balaban J connectivity index is 2.12. The van der Waals surface area contributed by atoms with Crippen LogP contribution < -0.4 is 5.73 Å². The minimum Gasteiger partial charge on any atom is -0.326 e. The Bertz CT molecular complexity index is 440. The van der Waals surface area contributed by atoms with Crippen LogP contribution in [0.15, 0.2) is 18.3 Å². The van der Waals surface area contributed by atoms with Gasteiger partial charge in [0.25, 0.3) is 0 Å². The Kier molecular flexibility index (Phi) is 5.39. The highest BCUT2D eigenvalue weighted by Crippen LogP contribution is 2.38. The molecule has 0 radical (unpaired) electrons. The van der Waals surface area contributed by atoms with E-state index in [-0.39, 0.29) is 11.6 Å². The first-order chi connectivity index (χ1) is 9.98. The van der Waals surface area contributed by atoms with Gasteiger partial charge in [-0.1, -0.05) is 32.8 Å². The zero-order valence-corrected chi connectivity index (χ0v) is 14.1. The first-order valence-corrected chi connectivity index (χ1v) is 8.34. The van der Waals surface area contributed by atoms with Gasteiger partial charge >= 0.3 is 0 Å². The number of aromatic nitrogens is 1. The van der Waals surface area contributed by atoms with Crippen molar-refractivity contribution in [3.05, 3.63) is 29.6 Å². The summed E-state index contributed by atoms with van der Waals surface area (Å²) >= 11 is 0. The minimum absolute atomic E-state index is 0.128. The molecule has 2 N–H and O–H groups in total. The van der Waals surface area contributed by atoms with Gasteiger partial charge in [0.05, 0.1) is 0 Å². The van der Waals surface area contributed by atoms with Gasteiger partial charge in [-0.05, 0) is 50.9 Å². The molecule has 1 fully saturated rings. The summed E-state index contributed by atoms with van der Waals surface area (Å²) in [6.45, 7) is 4.52. The van der Waals surface area contributed by atoms with Crippen LogP contribution in [0.25, 0.3) is 0 Å². The van der Waals surface area contributed by atoms with Crippen LogP contribution in [-0.2, 0) is 12.8 Å². The number of pyridine rings is 1. The van der Waals surface area contributed by atoms with E-state index in [2.05, 4.69) is 50.0 Å². The lowest BCUT2D eigenvalue weighted by molar-refractivity contribution is 0.0501. The molecule has 3 heteroatoms. The fraction of sp³-hybridized carbons (Fsp3) is 0.722. The maximum Gasteiger partial charge on any atom is 0.0419 e. The molecule has 1 aromatic heterocycles. The summed E-state index contributed by atoms with van der Waals surface area (Å²) in [4.78, 5) is 6.96. The molecule has 1 saturated carbocycles. The second kappa shape index (κ2) is 6.89. The molecule has 118 valence electrons. The van der Waals surface area contributed by atoms with Crippen molar-refractivity contribution in [1.82, 2.24) is 9.88 Å². The summed E-state index contributed by atoms with van der Waals surface area (Å²) in [5.41, 5.74) is 9.21. The summed E-state index contributed by atoms with van der Waals surface area (Å²) in [7, 11) is 4.37. The molecule has 3 atom stereocenters. The van der Waals surface area contributed by atoms with Crippen molar-refractivity contribution in [3.63, 3.8) is 0 Å². The van der Waals surface area contributed by atoms with Crippen LogP contribution in [0, 0.1) is 5.92 Å². The lowest BCUT2D eigenvalue weighted by Crippen LogP contribution is -2.60. The van der Waals surface area contributed by atoms with Gasteiger partial charge in [0.2, 0.25) is 0 Å². The molecule has 2 rings (SSSR count). The SMILES string of the molecule is CCc1ccc(CC(N)C2(N(C)C)CCCC(C)C2)nc1. The molecule has 0 aromatic carbocycles. The van der Waals surface area contributed by atoms with E-state index in [9.17, 15) is 0 Å². The quantitative estimate of drug-likeness (QED) is 0.906. The number of aryl methyl sites for hydroxylation is 1. The van der Waals surface area contributed by atoms with Crippen molar-refractivity contribution in [2.45, 2.75) is 64.0 Å². The van der Waals surface area contributed by atoms with Gasteiger partial charge < -0.3 is 10.6 Å². The third-order valence-electron chi connectivity index (χ3n) is 5.31. The average Bonchev–Trinajstić information content (AvgIpc) is 2.47. The zero-order valence-electron chi connectivity index (χ0n) is 14.1. The molecular weight excluding hydrogens is 258 g/mol. The molecule has 1 aliphatic carbocycles. The molecular formula is C18H31N3. The van der Waals surface area contributed by atoms with E-state index in [0.29, 0.717) is 0 Å². The molecule has 0 bridgehead atoms. The van der Waals surface area contributed by atoms with Crippen LogP contribution >= 0.6 is 0 Å². The first-order valence-electron chi connectivity index (χ1n) is 8.34. The van der Waals surface area contributed by atoms with Crippen molar-refractivity contribution in [2.24, 2.45) is 11.7 Å². The highest BCUT2D eigenvalue weighted by Gasteiger charge is 2.41. The molecule has 0 amide bonds. The monoisotopic (exact) mass is 289 g/mol. The zero-order chi connectivity index (χ0) is 15.5. The van der Waals surface area contributed by atoms with Crippen LogP contribution in [0.2, 0.25) is 0 Å². The van der Waals surface area contributed by atoms with E-state index in [0.717, 1.165) is 24.5 Å². The molecule has 3 unspecified atom stereocenters. The number of hydrogen-bond acceptors (Lipinski definition) is 3. The van der Waals surface area contributed by atoms with E-state index < -0.39 is 0 Å². The van der Waals surface area contributed by atoms with Gasteiger partial charge in [-0.15, -0.1) is 0 Å². The Morgan fingerprint density at radius 3 is 2.71 bits per heavy atom. The van der Waals surface area contributed by atoms with Gasteiger partial charge in [0.15, 0.2) is 0 Å². The van der Waals surface area contributed by atoms with E-state index in [1.165, 1.54) is 31.2 Å². The van der Waals surface area contributed by atoms with E-state index in [4.69, 9.17) is 5.73 Å². The number of hydrogen-bond donors (Lipinski definition) is 1. The van der Waals surface area contributed by atoms with Crippen LogP contribution in [-0.4, -0.2) is 35.6 Å². The van der Waals surface area contributed by atoms with Crippen LogP contribution in [0.4, 0.5) is 0 Å². The van der Waals surface area contributed by atoms with Crippen molar-refractivity contribution < 1.29 is 0 Å². The number of nitrogens with zero attached hydrogens (tertiary/aromatic N) is 2. The molecule has 0 spiro atoms. The predicted molar refractivity (Wildman–Crippen MR) is 89.3 cm³/mol. The van der Waals surface area contributed by atoms with Crippen LogP contribution in [0.3, 0.4) is 0 Å². The van der Waals surface area contributed by atoms with Gasteiger partial charge in [-0.25, -0.2) is 0 Å². The highest BCUT2D eigenvalue weighted by molar-refractivity contribution is 5.16. The Morgan fingerprint density at radius 2 is 2.19 bits per heavy atom. The van der Waals surface area contributed by atoms with Crippen molar-refractivity contribution in [3.8, 4) is 0 Å². The second-order valence-electron chi connectivity index (χ2n) is 7.02. The number of likely N-dealkylation sites (N-methyl/N-ethyl adjacent to an activating group) is 1. The third-order valence-corrected chi connectivity index (χ3v) is 5.31. The number of rotatable bonds is 5. The first kappa shape index (κ1) is 16.4. The lowest BCUT2D eigenvalue weighted by Gasteiger charge is -2.49. The summed E-state index contributed by atoms with van der Waals surface area (Å²) in [6.07, 6.45) is 8.94. The van der Waals surface area contributed by atoms with E-state index in [1.807, 2.05) is 6.20 Å². The van der Waals surface area contributed by atoms with Crippen LogP contribution in [0.1, 0.15) is 50.8 Å². The summed E-state index contributed by atoms with van der Waals surface area (Å²) in [5, 5.41) is 0. The Morgan fingerprint density at radius 1 is 1.43 bits per heavy atom. The fourth-order valence-electron chi connectivity index (χ4n) is 3.84. The average molecular weight is 289 g/mol. The second-order valence-corrected chi connectivity index (χ2v) is 7.02. The maximum absolute atomic E-state index is 6.67. The third kappa shape index (κ3) is 3.64. The molecule has 3 nitrogen and oxygen atoms in total. The normalized spacial score (nSPS) is 27.8. The minimum atomic E-state index is 0.128. The fourth-order valence-corrected chi connectivity index (χ4v) is 3.84. The van der Waals surface area contributed by atoms with Gasteiger partial charge in [0, 0.05) is 29.9 Å². The number of nitrogens with two attached hydrogens (primary N) is 1. The predicted octanol–water partition coefficient (Wildman–Crippen LogP) is 3.02. The molecule has 1 aromatic rings. The Hall–Kier alpha value is -0.930. The molecule has 1 aliphatic rings. The topological polar surface area (TPSA) is 42.1 Å². The Labute approximate surface area is 129 Å². The highest BCUT2D eigenvalue weighted by atomic mass is 15.2. The summed E-state index contributed by atoms with van der Waals surface area (Å²) in [5.74, 6) is 0.766. The molecule has 21 heavy (non-hydrogen) atoms. The molecule has 1 heterocycles. The van der Waals surface area contributed by atoms with E-state index >= 15 is 0 Å². The van der Waals surface area contributed by atoms with Crippen LogP contribution in [0.5, 0.6) is 0 Å². The summed E-state index contributed by atoms with van der Waals surface area (Å²) in [6, 6.07) is 4.48. The standard InChI is InChI=1S/C18H31N3/c1-5-15-8-9-16(20-13-15)11-17(19)18(21(3)4)10-6-7-14(2)12-18/h8-9,13-14,17H,5-7,10-12,19H2,1-4H3. The van der Waals surface area contributed by atoms with Crippen molar-refractivity contribution in [1.29, 1.82) is 0 Å². The van der Waals surface area contributed by atoms with Gasteiger partial charge in [-0.3, -0.25) is 4.98 Å². The van der Waals surface area contributed by atoms with Crippen molar-refractivity contribution >= 4 is 0 Å². The van der Waals surface area contributed by atoms with Gasteiger partial charge in [0.1, 0.15) is 0 Å². The summed E-state index contributed by atoms with van der Waals surface area (Å²) < 4.78 is 0. The van der Waals surface area contributed by atoms with E-state index in [1.54, 1.807) is 0 Å².